The van der Waals surface area contributed by atoms with E-state index in [1.54, 1.807) is 24.4 Å². The number of hydrogen-bond acceptors (Lipinski definition) is 5. The number of Topliss-reactive ketones (excluding diaryl/α,β-unsaturated/α-hetero) is 1. The Balaban J connectivity index is 2.40. The van der Waals surface area contributed by atoms with Crippen molar-refractivity contribution in [1.82, 2.24) is 4.98 Å². The monoisotopic (exact) mass is 308 g/mol. The van der Waals surface area contributed by atoms with Crippen LogP contribution in [0.5, 0.6) is 0 Å². The van der Waals surface area contributed by atoms with Crippen LogP contribution in [0.3, 0.4) is 0 Å². The van der Waals surface area contributed by atoms with Gasteiger partial charge in [-0.1, -0.05) is 23.4 Å². The number of hydrogen-bond donors (Lipinski definition) is 0. The highest BCUT2D eigenvalue weighted by molar-refractivity contribution is 7.99. The number of carbonyl (C=O) groups is 1. The maximum atomic E-state index is 11.3. The van der Waals surface area contributed by atoms with Gasteiger partial charge in [0, 0.05) is 17.2 Å². The number of pyridine rings is 1. The van der Waals surface area contributed by atoms with E-state index in [0.717, 1.165) is 0 Å². The number of nitro groups is 1. The number of rotatable bonds is 4. The quantitative estimate of drug-likeness (QED) is 0.485. The van der Waals surface area contributed by atoms with Crippen molar-refractivity contribution in [3.05, 3.63) is 57.2 Å². The molecule has 0 amide bonds. The van der Waals surface area contributed by atoms with Crippen molar-refractivity contribution >= 4 is 34.8 Å². The van der Waals surface area contributed by atoms with Gasteiger partial charge >= 0.3 is 0 Å². The number of carbonyl (C=O) groups excluding carboxylic acids is 1. The summed E-state index contributed by atoms with van der Waals surface area (Å²) in [5, 5.41) is 12.0. The smallest absolute Gasteiger partial charge is 0.281 e. The van der Waals surface area contributed by atoms with Crippen LogP contribution in [-0.4, -0.2) is 15.7 Å². The highest BCUT2D eigenvalue weighted by Crippen LogP contribution is 2.34. The average molecular weight is 309 g/mol. The summed E-state index contributed by atoms with van der Waals surface area (Å²) in [5.41, 5.74) is -0.124. The van der Waals surface area contributed by atoms with E-state index in [2.05, 4.69) is 4.98 Å². The van der Waals surface area contributed by atoms with E-state index in [0.29, 0.717) is 14.9 Å². The number of nitrogens with zero attached hydrogens (tertiary/aromatic N) is 2. The molecule has 0 unspecified atom stereocenters. The molecule has 0 saturated carbocycles. The van der Waals surface area contributed by atoms with E-state index in [1.807, 2.05) is 0 Å². The fourth-order valence-corrected chi connectivity index (χ4v) is 2.63. The van der Waals surface area contributed by atoms with Crippen LogP contribution in [0.1, 0.15) is 17.3 Å². The lowest BCUT2D eigenvalue weighted by atomic mass is 10.1. The normalized spacial score (nSPS) is 10.3. The van der Waals surface area contributed by atoms with Gasteiger partial charge in [-0.15, -0.1) is 0 Å². The van der Waals surface area contributed by atoms with E-state index in [9.17, 15) is 14.9 Å². The highest BCUT2D eigenvalue weighted by Gasteiger charge is 2.18. The number of nitro benzene ring substituents is 1. The van der Waals surface area contributed by atoms with Gasteiger partial charge in [0.2, 0.25) is 0 Å². The first kappa shape index (κ1) is 14.5. The van der Waals surface area contributed by atoms with Gasteiger partial charge in [0.1, 0.15) is 5.03 Å². The SMILES string of the molecule is CC(=O)c1ccc(Sc2ncccc2Cl)cc1[N+](=O)[O-]. The summed E-state index contributed by atoms with van der Waals surface area (Å²) in [7, 11) is 0. The lowest BCUT2D eigenvalue weighted by molar-refractivity contribution is -0.385. The minimum Gasteiger partial charge on any atom is -0.294 e. The first-order valence-electron chi connectivity index (χ1n) is 5.57. The van der Waals surface area contributed by atoms with Gasteiger partial charge in [0.15, 0.2) is 5.78 Å². The molecular formula is C13H9ClN2O3S. The molecule has 0 bridgehead atoms. The van der Waals surface area contributed by atoms with Gasteiger partial charge in [-0.05, 0) is 31.2 Å². The Morgan fingerprint density at radius 2 is 2.15 bits per heavy atom. The molecule has 0 fully saturated rings. The molecule has 7 heteroatoms. The summed E-state index contributed by atoms with van der Waals surface area (Å²) in [6.45, 7) is 1.30. The van der Waals surface area contributed by atoms with Crippen molar-refractivity contribution in [2.45, 2.75) is 16.8 Å². The van der Waals surface area contributed by atoms with Crippen LogP contribution in [0.4, 0.5) is 5.69 Å². The maximum absolute atomic E-state index is 11.3. The zero-order valence-corrected chi connectivity index (χ0v) is 11.9. The molecule has 5 nitrogen and oxygen atoms in total. The molecule has 0 aliphatic carbocycles. The van der Waals surface area contributed by atoms with Crippen molar-refractivity contribution in [3.8, 4) is 0 Å². The van der Waals surface area contributed by atoms with Crippen molar-refractivity contribution in [1.29, 1.82) is 0 Å². The fourth-order valence-electron chi connectivity index (χ4n) is 1.58. The first-order chi connectivity index (χ1) is 9.49. The predicted molar refractivity (Wildman–Crippen MR) is 76.5 cm³/mol. The van der Waals surface area contributed by atoms with Crippen molar-refractivity contribution in [2.75, 3.05) is 0 Å². The number of ketones is 1. The Morgan fingerprint density at radius 3 is 2.75 bits per heavy atom. The molecule has 0 radical (unpaired) electrons. The van der Waals surface area contributed by atoms with Crippen LogP contribution in [0, 0.1) is 10.1 Å². The van der Waals surface area contributed by atoms with Crippen molar-refractivity contribution in [3.63, 3.8) is 0 Å². The van der Waals surface area contributed by atoms with Crippen molar-refractivity contribution < 1.29 is 9.72 Å². The molecule has 102 valence electrons. The van der Waals surface area contributed by atoms with Crippen molar-refractivity contribution in [2.24, 2.45) is 0 Å². The molecule has 0 spiro atoms. The van der Waals surface area contributed by atoms with E-state index >= 15 is 0 Å². The standard InChI is InChI=1S/C13H9ClN2O3S/c1-8(17)10-5-4-9(7-12(10)16(18)19)20-13-11(14)3-2-6-15-13/h2-7H,1H3. The molecule has 20 heavy (non-hydrogen) atoms. The van der Waals surface area contributed by atoms with E-state index in [-0.39, 0.29) is 17.0 Å². The highest BCUT2D eigenvalue weighted by atomic mass is 35.5. The molecule has 1 aromatic carbocycles. The van der Waals surface area contributed by atoms with Crippen LogP contribution in [0.25, 0.3) is 0 Å². The van der Waals surface area contributed by atoms with Gasteiger partial charge in [-0.25, -0.2) is 4.98 Å². The van der Waals surface area contributed by atoms with Crippen LogP contribution in [0.15, 0.2) is 46.5 Å². The second-order valence-corrected chi connectivity index (χ2v) is 5.35. The van der Waals surface area contributed by atoms with E-state index in [4.69, 9.17) is 11.6 Å². The molecule has 0 saturated heterocycles. The number of aromatic nitrogens is 1. The summed E-state index contributed by atoms with van der Waals surface area (Å²) in [5.74, 6) is -0.343. The lowest BCUT2D eigenvalue weighted by Crippen LogP contribution is -2.00. The van der Waals surface area contributed by atoms with E-state index in [1.165, 1.54) is 30.8 Å². The summed E-state index contributed by atoms with van der Waals surface area (Å²) < 4.78 is 0. The predicted octanol–water partition coefficient (Wildman–Crippen LogP) is 4.00. The Kier molecular flexibility index (Phi) is 4.36. The molecule has 0 N–H and O–H groups in total. The van der Waals surface area contributed by atoms with Gasteiger partial charge in [0.05, 0.1) is 15.5 Å². The molecule has 0 aliphatic rings. The largest absolute Gasteiger partial charge is 0.294 e. The Hall–Kier alpha value is -1.92. The van der Waals surface area contributed by atoms with Crippen LogP contribution >= 0.6 is 23.4 Å². The van der Waals surface area contributed by atoms with Crippen LogP contribution in [0.2, 0.25) is 5.02 Å². The molecule has 0 aliphatic heterocycles. The zero-order valence-electron chi connectivity index (χ0n) is 10.4. The summed E-state index contributed by atoms with van der Waals surface area (Å²) in [6.07, 6.45) is 1.59. The summed E-state index contributed by atoms with van der Waals surface area (Å²) in [4.78, 5) is 26.5. The Morgan fingerprint density at radius 1 is 1.40 bits per heavy atom. The lowest BCUT2D eigenvalue weighted by Gasteiger charge is -2.04. The number of benzene rings is 1. The minimum absolute atomic E-state index is 0.0893. The minimum atomic E-state index is -0.569. The molecule has 2 aromatic rings. The molecule has 0 atom stereocenters. The molecule has 2 rings (SSSR count). The number of halogens is 1. The topological polar surface area (TPSA) is 73.1 Å². The maximum Gasteiger partial charge on any atom is 0.281 e. The van der Waals surface area contributed by atoms with Gasteiger partial charge in [-0.3, -0.25) is 14.9 Å². The first-order valence-corrected chi connectivity index (χ1v) is 6.76. The van der Waals surface area contributed by atoms with E-state index < -0.39 is 4.92 Å². The third kappa shape index (κ3) is 3.15. The molecular weight excluding hydrogens is 300 g/mol. The molecule has 1 aromatic heterocycles. The second-order valence-electron chi connectivity index (χ2n) is 3.88. The Bertz CT molecular complexity index is 691. The third-order valence-corrected chi connectivity index (χ3v) is 3.91. The Labute approximate surface area is 124 Å². The average Bonchev–Trinajstić information content (AvgIpc) is 2.41. The summed E-state index contributed by atoms with van der Waals surface area (Å²) >= 11 is 7.19. The summed E-state index contributed by atoms with van der Waals surface area (Å²) in [6, 6.07) is 7.83. The molecule has 1 heterocycles. The second kappa shape index (κ2) is 6.02. The van der Waals surface area contributed by atoms with Crippen LogP contribution < -0.4 is 0 Å². The van der Waals surface area contributed by atoms with Gasteiger partial charge < -0.3 is 0 Å². The van der Waals surface area contributed by atoms with Crippen LogP contribution in [-0.2, 0) is 0 Å². The van der Waals surface area contributed by atoms with Gasteiger partial charge in [-0.2, -0.15) is 0 Å². The fraction of sp³-hybridized carbons (Fsp3) is 0.0769. The van der Waals surface area contributed by atoms with Gasteiger partial charge in [0.25, 0.3) is 5.69 Å². The zero-order chi connectivity index (χ0) is 14.7. The third-order valence-electron chi connectivity index (χ3n) is 2.48.